The molecular formula is C10H9ClO3. The second-order valence-electron chi connectivity index (χ2n) is 2.54. The quantitative estimate of drug-likeness (QED) is 0.783. The van der Waals surface area contributed by atoms with Crippen molar-refractivity contribution in [3.05, 3.63) is 34.9 Å². The monoisotopic (exact) mass is 212 g/mol. The summed E-state index contributed by atoms with van der Waals surface area (Å²) in [6.07, 6.45) is 2.45. The number of ether oxygens (including phenoxy) is 1. The maximum Gasteiger partial charge on any atom is 0.328 e. The highest BCUT2D eigenvalue weighted by Gasteiger charge is 2.03. The van der Waals surface area contributed by atoms with E-state index >= 15 is 0 Å². The minimum absolute atomic E-state index is 0.410. The Morgan fingerprint density at radius 3 is 2.86 bits per heavy atom. The van der Waals surface area contributed by atoms with Crippen molar-refractivity contribution in [2.75, 3.05) is 7.11 Å². The Bertz CT molecular complexity index is 372. The molecule has 0 saturated heterocycles. The van der Waals surface area contributed by atoms with Crippen molar-refractivity contribution in [1.29, 1.82) is 0 Å². The van der Waals surface area contributed by atoms with Crippen molar-refractivity contribution in [2.45, 2.75) is 0 Å². The van der Waals surface area contributed by atoms with Crippen molar-refractivity contribution in [3.63, 3.8) is 0 Å². The molecule has 0 aliphatic heterocycles. The van der Waals surface area contributed by atoms with Gasteiger partial charge in [0.2, 0.25) is 0 Å². The molecule has 0 radical (unpaired) electrons. The van der Waals surface area contributed by atoms with Crippen molar-refractivity contribution in [1.82, 2.24) is 0 Å². The summed E-state index contributed by atoms with van der Waals surface area (Å²) in [6, 6.07) is 5.16. The lowest BCUT2D eigenvalue weighted by Crippen LogP contribution is -1.88. The van der Waals surface area contributed by atoms with Crippen LogP contribution in [0.3, 0.4) is 0 Å². The SMILES string of the molecule is COc1cccc(/C=C/C(=O)O)c1Cl. The minimum atomic E-state index is -1.01. The molecular weight excluding hydrogens is 204 g/mol. The first-order chi connectivity index (χ1) is 6.65. The van der Waals surface area contributed by atoms with Crippen LogP contribution in [0.25, 0.3) is 6.08 Å². The van der Waals surface area contributed by atoms with Crippen LogP contribution in [0.2, 0.25) is 5.02 Å². The Morgan fingerprint density at radius 1 is 1.57 bits per heavy atom. The molecule has 1 aromatic carbocycles. The van der Waals surface area contributed by atoms with Crippen molar-refractivity contribution >= 4 is 23.6 Å². The number of hydrogen-bond donors (Lipinski definition) is 1. The van der Waals surface area contributed by atoms with E-state index in [1.807, 2.05) is 0 Å². The summed E-state index contributed by atoms with van der Waals surface area (Å²) in [5.41, 5.74) is 0.619. The van der Waals surface area contributed by atoms with Crippen molar-refractivity contribution in [3.8, 4) is 5.75 Å². The molecule has 0 amide bonds. The van der Waals surface area contributed by atoms with E-state index in [1.54, 1.807) is 18.2 Å². The molecule has 14 heavy (non-hydrogen) atoms. The Hall–Kier alpha value is -1.48. The maximum atomic E-state index is 10.3. The summed E-state index contributed by atoms with van der Waals surface area (Å²) in [6.45, 7) is 0. The van der Waals surface area contributed by atoms with E-state index in [9.17, 15) is 4.79 Å². The van der Waals surface area contributed by atoms with Gasteiger partial charge in [-0.1, -0.05) is 23.7 Å². The second kappa shape index (κ2) is 4.67. The van der Waals surface area contributed by atoms with Gasteiger partial charge in [-0.3, -0.25) is 0 Å². The fourth-order valence-electron chi connectivity index (χ4n) is 0.975. The number of aliphatic carboxylic acids is 1. The van der Waals surface area contributed by atoms with E-state index in [1.165, 1.54) is 13.2 Å². The maximum absolute atomic E-state index is 10.3. The third-order valence-corrected chi connectivity index (χ3v) is 2.02. The van der Waals surface area contributed by atoms with Gasteiger partial charge < -0.3 is 9.84 Å². The van der Waals surface area contributed by atoms with Gasteiger partial charge in [0, 0.05) is 6.08 Å². The largest absolute Gasteiger partial charge is 0.495 e. The molecule has 0 heterocycles. The topological polar surface area (TPSA) is 46.5 Å². The van der Waals surface area contributed by atoms with Gasteiger partial charge in [-0.15, -0.1) is 0 Å². The van der Waals surface area contributed by atoms with Crippen molar-refractivity contribution in [2.24, 2.45) is 0 Å². The Labute approximate surface area is 86.6 Å². The summed E-state index contributed by atoms with van der Waals surface area (Å²) < 4.78 is 4.98. The average molecular weight is 213 g/mol. The zero-order valence-electron chi connectivity index (χ0n) is 7.53. The Morgan fingerprint density at radius 2 is 2.29 bits per heavy atom. The number of benzene rings is 1. The summed E-state index contributed by atoms with van der Waals surface area (Å²) in [5, 5.41) is 8.84. The molecule has 1 N–H and O–H groups in total. The van der Waals surface area contributed by atoms with E-state index in [2.05, 4.69) is 0 Å². The lowest BCUT2D eigenvalue weighted by atomic mass is 10.2. The number of carboxylic acids is 1. The molecule has 0 aliphatic rings. The highest BCUT2D eigenvalue weighted by atomic mass is 35.5. The first-order valence-corrected chi connectivity index (χ1v) is 4.26. The van der Waals surface area contributed by atoms with Gasteiger partial charge in [0.15, 0.2) is 0 Å². The molecule has 0 fully saturated rings. The average Bonchev–Trinajstić information content (AvgIpc) is 2.16. The molecule has 1 aromatic rings. The molecule has 4 heteroatoms. The number of hydrogen-bond acceptors (Lipinski definition) is 2. The van der Waals surface area contributed by atoms with Gasteiger partial charge in [0.1, 0.15) is 5.75 Å². The molecule has 0 saturated carbocycles. The minimum Gasteiger partial charge on any atom is -0.495 e. The normalized spacial score (nSPS) is 10.4. The fourth-order valence-corrected chi connectivity index (χ4v) is 1.24. The first kappa shape index (κ1) is 10.6. The Kier molecular flexibility index (Phi) is 3.54. The van der Waals surface area contributed by atoms with E-state index in [-0.39, 0.29) is 0 Å². The van der Waals surface area contributed by atoms with Crippen LogP contribution in [0.15, 0.2) is 24.3 Å². The molecule has 3 nitrogen and oxygen atoms in total. The highest BCUT2D eigenvalue weighted by Crippen LogP contribution is 2.28. The summed E-state index contributed by atoms with van der Waals surface area (Å²) in [7, 11) is 1.51. The summed E-state index contributed by atoms with van der Waals surface area (Å²) >= 11 is 5.92. The van der Waals surface area contributed by atoms with E-state index < -0.39 is 5.97 Å². The molecule has 1 rings (SSSR count). The zero-order chi connectivity index (χ0) is 10.6. The van der Waals surface area contributed by atoms with Crippen LogP contribution < -0.4 is 4.74 Å². The van der Waals surface area contributed by atoms with Crippen LogP contribution in [0.4, 0.5) is 0 Å². The number of halogens is 1. The van der Waals surface area contributed by atoms with Crippen LogP contribution >= 0.6 is 11.6 Å². The van der Waals surface area contributed by atoms with Crippen LogP contribution in [0.5, 0.6) is 5.75 Å². The van der Waals surface area contributed by atoms with Crippen LogP contribution in [-0.4, -0.2) is 18.2 Å². The molecule has 0 spiro atoms. The highest BCUT2D eigenvalue weighted by molar-refractivity contribution is 6.33. The summed E-state index contributed by atoms with van der Waals surface area (Å²) in [4.78, 5) is 10.3. The van der Waals surface area contributed by atoms with Gasteiger partial charge in [-0.05, 0) is 17.7 Å². The lowest BCUT2D eigenvalue weighted by Gasteiger charge is -2.04. The number of rotatable bonds is 3. The van der Waals surface area contributed by atoms with E-state index in [4.69, 9.17) is 21.4 Å². The van der Waals surface area contributed by atoms with Gasteiger partial charge in [0.25, 0.3) is 0 Å². The molecule has 0 atom stereocenters. The number of carboxylic acid groups (broad SMARTS) is 1. The van der Waals surface area contributed by atoms with Gasteiger partial charge >= 0.3 is 5.97 Å². The van der Waals surface area contributed by atoms with Crippen LogP contribution in [0, 0.1) is 0 Å². The smallest absolute Gasteiger partial charge is 0.328 e. The molecule has 0 bridgehead atoms. The molecule has 74 valence electrons. The van der Waals surface area contributed by atoms with Gasteiger partial charge in [-0.25, -0.2) is 4.79 Å². The third kappa shape index (κ3) is 2.50. The predicted molar refractivity (Wildman–Crippen MR) is 54.7 cm³/mol. The van der Waals surface area contributed by atoms with Crippen molar-refractivity contribution < 1.29 is 14.6 Å². The third-order valence-electron chi connectivity index (χ3n) is 1.62. The molecule has 0 aliphatic carbocycles. The van der Waals surface area contributed by atoms with Gasteiger partial charge in [-0.2, -0.15) is 0 Å². The van der Waals surface area contributed by atoms with Crippen LogP contribution in [0.1, 0.15) is 5.56 Å². The first-order valence-electron chi connectivity index (χ1n) is 3.88. The lowest BCUT2D eigenvalue weighted by molar-refractivity contribution is -0.131. The summed E-state index contributed by atoms with van der Waals surface area (Å²) in [5.74, 6) is -0.483. The fraction of sp³-hybridized carbons (Fsp3) is 0.100. The molecule has 0 unspecified atom stereocenters. The van der Waals surface area contributed by atoms with Gasteiger partial charge in [0.05, 0.1) is 12.1 Å². The van der Waals surface area contributed by atoms with Crippen LogP contribution in [-0.2, 0) is 4.79 Å². The zero-order valence-corrected chi connectivity index (χ0v) is 8.28. The van der Waals surface area contributed by atoms with E-state index in [0.717, 1.165) is 6.08 Å². The predicted octanol–water partition coefficient (Wildman–Crippen LogP) is 2.45. The molecule has 0 aromatic heterocycles. The second-order valence-corrected chi connectivity index (χ2v) is 2.91. The van der Waals surface area contributed by atoms with E-state index in [0.29, 0.717) is 16.3 Å². The number of methoxy groups -OCH3 is 1. The number of carbonyl (C=O) groups is 1. The standard InChI is InChI=1S/C10H9ClO3/c1-14-8-4-2-3-7(10(8)11)5-6-9(12)13/h2-6H,1H3,(H,12,13)/b6-5+. The Balaban J connectivity index is 3.03.